The summed E-state index contributed by atoms with van der Waals surface area (Å²) in [6.45, 7) is 6.74. The van der Waals surface area contributed by atoms with Crippen LogP contribution in [0.4, 0.5) is 0 Å². The van der Waals surface area contributed by atoms with Crippen LogP contribution in [-0.2, 0) is 6.54 Å². The summed E-state index contributed by atoms with van der Waals surface area (Å²) in [5.74, 6) is 0. The van der Waals surface area contributed by atoms with Gasteiger partial charge < -0.3 is 10.2 Å². The third kappa shape index (κ3) is 3.16. The Morgan fingerprint density at radius 1 is 1.21 bits per heavy atom. The van der Waals surface area contributed by atoms with Gasteiger partial charge in [0, 0.05) is 42.6 Å². The minimum atomic E-state index is 0.990. The van der Waals surface area contributed by atoms with E-state index in [0.717, 1.165) is 37.1 Å². The molecule has 0 spiro atoms. The molecule has 102 valence electrons. The molecule has 2 aromatic rings. The van der Waals surface area contributed by atoms with Gasteiger partial charge in [-0.3, -0.25) is 4.68 Å². The maximum atomic E-state index is 4.48. The number of aryl methyl sites for hydroxylation is 1. The summed E-state index contributed by atoms with van der Waals surface area (Å²) in [5.41, 5.74) is 1.22. The van der Waals surface area contributed by atoms with E-state index in [1.807, 2.05) is 6.20 Å². The molecular weight excluding hydrogens is 304 g/mol. The van der Waals surface area contributed by atoms with Gasteiger partial charge in [0.05, 0.1) is 11.7 Å². The fourth-order valence-electron chi connectivity index (χ4n) is 2.60. The van der Waals surface area contributed by atoms with E-state index in [1.165, 1.54) is 24.0 Å². The molecule has 0 bridgehead atoms. The van der Waals surface area contributed by atoms with Crippen LogP contribution in [0, 0.1) is 0 Å². The third-order valence-electron chi connectivity index (χ3n) is 3.66. The predicted octanol–water partition coefficient (Wildman–Crippen LogP) is 2.09. The average molecular weight is 323 g/mol. The number of rotatable bonds is 4. The van der Waals surface area contributed by atoms with Crippen LogP contribution in [0.2, 0.25) is 0 Å². The molecule has 0 aliphatic carbocycles. The monoisotopic (exact) mass is 322 g/mol. The highest BCUT2D eigenvalue weighted by atomic mass is 79.9. The summed E-state index contributed by atoms with van der Waals surface area (Å²) in [6.07, 6.45) is 3.11. The summed E-state index contributed by atoms with van der Waals surface area (Å²) in [5, 5.41) is 9.08. The van der Waals surface area contributed by atoms with Crippen molar-refractivity contribution in [2.24, 2.45) is 0 Å². The molecule has 19 heavy (non-hydrogen) atoms. The Hall–Kier alpha value is -0.910. The lowest BCUT2D eigenvalue weighted by molar-refractivity contribution is 0.234. The van der Waals surface area contributed by atoms with E-state index in [9.17, 15) is 0 Å². The highest BCUT2D eigenvalue weighted by molar-refractivity contribution is 9.10. The molecular formula is C14H19BrN4. The molecule has 0 radical (unpaired) electrons. The SMILES string of the molecule is Brc1ccc2cnn(CCCN3CCNCC3)c2c1. The van der Waals surface area contributed by atoms with Crippen molar-refractivity contribution >= 4 is 26.8 Å². The second-order valence-electron chi connectivity index (χ2n) is 5.02. The van der Waals surface area contributed by atoms with Gasteiger partial charge >= 0.3 is 0 Å². The Bertz CT molecular complexity index is 545. The normalized spacial score (nSPS) is 17.1. The van der Waals surface area contributed by atoms with Crippen molar-refractivity contribution in [1.82, 2.24) is 20.0 Å². The van der Waals surface area contributed by atoms with Gasteiger partial charge in [-0.25, -0.2) is 0 Å². The number of hydrogen-bond donors (Lipinski definition) is 1. The molecule has 3 rings (SSSR count). The number of nitrogens with one attached hydrogen (secondary N) is 1. The Balaban J connectivity index is 1.60. The van der Waals surface area contributed by atoms with Crippen LogP contribution in [0.1, 0.15) is 6.42 Å². The molecule has 0 unspecified atom stereocenters. The first kappa shape index (κ1) is 13.1. The second kappa shape index (κ2) is 6.03. The number of benzene rings is 1. The molecule has 0 atom stereocenters. The van der Waals surface area contributed by atoms with Crippen molar-refractivity contribution in [2.45, 2.75) is 13.0 Å². The summed E-state index contributed by atoms with van der Waals surface area (Å²) in [4.78, 5) is 2.53. The van der Waals surface area contributed by atoms with E-state index < -0.39 is 0 Å². The molecule has 1 saturated heterocycles. The molecule has 1 aromatic carbocycles. The molecule has 5 heteroatoms. The van der Waals surface area contributed by atoms with Crippen molar-refractivity contribution in [2.75, 3.05) is 32.7 Å². The van der Waals surface area contributed by atoms with Crippen LogP contribution < -0.4 is 5.32 Å². The Morgan fingerprint density at radius 2 is 2.05 bits per heavy atom. The molecule has 1 fully saturated rings. The summed E-state index contributed by atoms with van der Waals surface area (Å²) < 4.78 is 3.23. The first-order chi connectivity index (χ1) is 9.33. The quantitative estimate of drug-likeness (QED) is 0.935. The van der Waals surface area contributed by atoms with Crippen molar-refractivity contribution in [3.05, 3.63) is 28.9 Å². The van der Waals surface area contributed by atoms with Crippen molar-refractivity contribution < 1.29 is 0 Å². The fraction of sp³-hybridized carbons (Fsp3) is 0.500. The van der Waals surface area contributed by atoms with E-state index in [1.54, 1.807) is 0 Å². The van der Waals surface area contributed by atoms with Crippen LogP contribution in [0.5, 0.6) is 0 Å². The van der Waals surface area contributed by atoms with Crippen molar-refractivity contribution in [3.63, 3.8) is 0 Å². The van der Waals surface area contributed by atoms with Crippen LogP contribution in [0.25, 0.3) is 10.9 Å². The van der Waals surface area contributed by atoms with E-state index in [4.69, 9.17) is 0 Å². The summed E-state index contributed by atoms with van der Waals surface area (Å²) in [6, 6.07) is 6.32. The Labute approximate surface area is 121 Å². The second-order valence-corrected chi connectivity index (χ2v) is 5.93. The Kier molecular flexibility index (Phi) is 4.15. The van der Waals surface area contributed by atoms with Gasteiger partial charge in [-0.1, -0.05) is 22.0 Å². The van der Waals surface area contributed by atoms with Crippen molar-refractivity contribution in [1.29, 1.82) is 0 Å². The van der Waals surface area contributed by atoms with Gasteiger partial charge in [-0.2, -0.15) is 5.10 Å². The van der Waals surface area contributed by atoms with Gasteiger partial charge in [-0.05, 0) is 25.1 Å². The first-order valence-electron chi connectivity index (χ1n) is 6.87. The highest BCUT2D eigenvalue weighted by Gasteiger charge is 2.09. The molecule has 4 nitrogen and oxygen atoms in total. The van der Waals surface area contributed by atoms with Gasteiger partial charge in [0.2, 0.25) is 0 Å². The standard InChI is InChI=1S/C14H19BrN4/c15-13-3-2-12-11-17-19(14(12)10-13)7-1-6-18-8-4-16-5-9-18/h2-3,10-11,16H,1,4-9H2. The Morgan fingerprint density at radius 3 is 2.89 bits per heavy atom. The zero-order valence-electron chi connectivity index (χ0n) is 11.0. The lowest BCUT2D eigenvalue weighted by Crippen LogP contribution is -2.43. The van der Waals surface area contributed by atoms with Crippen LogP contribution in [0.15, 0.2) is 28.9 Å². The maximum absolute atomic E-state index is 4.48. The van der Waals surface area contributed by atoms with Crippen LogP contribution in [-0.4, -0.2) is 47.4 Å². The van der Waals surface area contributed by atoms with E-state index in [2.05, 4.69) is 54.1 Å². The molecule has 0 amide bonds. The van der Waals surface area contributed by atoms with Crippen molar-refractivity contribution in [3.8, 4) is 0 Å². The van der Waals surface area contributed by atoms with E-state index in [0.29, 0.717) is 0 Å². The summed E-state index contributed by atoms with van der Waals surface area (Å²) >= 11 is 3.53. The van der Waals surface area contributed by atoms with Gasteiger partial charge in [0.1, 0.15) is 0 Å². The smallest absolute Gasteiger partial charge is 0.0693 e. The highest BCUT2D eigenvalue weighted by Crippen LogP contribution is 2.19. The van der Waals surface area contributed by atoms with Gasteiger partial charge in [0.25, 0.3) is 0 Å². The topological polar surface area (TPSA) is 33.1 Å². The lowest BCUT2D eigenvalue weighted by Gasteiger charge is -2.27. The van der Waals surface area contributed by atoms with E-state index in [-0.39, 0.29) is 0 Å². The molecule has 0 saturated carbocycles. The fourth-order valence-corrected chi connectivity index (χ4v) is 2.95. The molecule has 1 aliphatic rings. The largest absolute Gasteiger partial charge is 0.314 e. The number of aromatic nitrogens is 2. The zero-order chi connectivity index (χ0) is 13.1. The maximum Gasteiger partial charge on any atom is 0.0693 e. The number of halogens is 1. The molecule has 1 aromatic heterocycles. The average Bonchev–Trinajstić information content (AvgIpc) is 2.83. The third-order valence-corrected chi connectivity index (χ3v) is 4.15. The number of piperazine rings is 1. The first-order valence-corrected chi connectivity index (χ1v) is 7.66. The predicted molar refractivity (Wildman–Crippen MR) is 81.4 cm³/mol. The minimum absolute atomic E-state index is 0.990. The number of nitrogens with zero attached hydrogens (tertiary/aromatic N) is 3. The van der Waals surface area contributed by atoms with Crippen LogP contribution in [0.3, 0.4) is 0 Å². The molecule has 1 N–H and O–H groups in total. The minimum Gasteiger partial charge on any atom is -0.314 e. The lowest BCUT2D eigenvalue weighted by atomic mass is 10.2. The van der Waals surface area contributed by atoms with Gasteiger partial charge in [-0.15, -0.1) is 0 Å². The molecule has 2 heterocycles. The molecule has 1 aliphatic heterocycles. The van der Waals surface area contributed by atoms with Gasteiger partial charge in [0.15, 0.2) is 0 Å². The van der Waals surface area contributed by atoms with Crippen LogP contribution >= 0.6 is 15.9 Å². The zero-order valence-corrected chi connectivity index (χ0v) is 12.6. The van der Waals surface area contributed by atoms with E-state index >= 15 is 0 Å². The number of fused-ring (bicyclic) bond motifs is 1. The number of hydrogen-bond acceptors (Lipinski definition) is 3. The summed E-state index contributed by atoms with van der Waals surface area (Å²) in [7, 11) is 0.